The van der Waals surface area contributed by atoms with E-state index in [0.29, 0.717) is 24.5 Å². The molecule has 0 radical (unpaired) electrons. The highest BCUT2D eigenvalue weighted by atomic mass is 16.5. The maximum absolute atomic E-state index is 12.6. The molecule has 3 aromatic carbocycles. The normalized spacial score (nSPS) is 11.6. The Morgan fingerprint density at radius 1 is 0.897 bits per heavy atom. The molecule has 1 amide bonds. The Hall–Kier alpha value is -3.27. The average Bonchev–Trinajstić information content (AvgIpc) is 2.74. The number of carbonyl (C=O) groups excluding carboxylic acids is 1. The topological polar surface area (TPSA) is 47.6 Å². The van der Waals surface area contributed by atoms with Gasteiger partial charge < -0.3 is 14.8 Å². The van der Waals surface area contributed by atoms with Gasteiger partial charge in [-0.1, -0.05) is 43.3 Å². The summed E-state index contributed by atoms with van der Waals surface area (Å²) in [5, 5.41) is 2.92. The quantitative estimate of drug-likeness (QED) is 0.539. The SMILES string of the molecule is CCC(Oc1ccc(C)c(C)c1)C(=O)Nc1ccc(OCc2ccccc2)cc1. The lowest BCUT2D eigenvalue weighted by Gasteiger charge is -2.18. The van der Waals surface area contributed by atoms with Gasteiger partial charge in [0.25, 0.3) is 5.91 Å². The van der Waals surface area contributed by atoms with Crippen molar-refractivity contribution in [1.82, 2.24) is 0 Å². The summed E-state index contributed by atoms with van der Waals surface area (Å²) in [6.07, 6.45) is 0.0305. The van der Waals surface area contributed by atoms with E-state index in [1.165, 1.54) is 5.56 Å². The molecule has 29 heavy (non-hydrogen) atoms. The predicted octanol–water partition coefficient (Wildman–Crippen LogP) is 5.68. The molecular formula is C25H27NO3. The molecule has 150 valence electrons. The molecule has 0 bridgehead atoms. The number of benzene rings is 3. The fourth-order valence-electron chi connectivity index (χ4n) is 2.87. The van der Waals surface area contributed by atoms with Crippen LogP contribution in [0.25, 0.3) is 0 Å². The van der Waals surface area contributed by atoms with Crippen LogP contribution in [0, 0.1) is 13.8 Å². The van der Waals surface area contributed by atoms with Gasteiger partial charge in [0.15, 0.2) is 6.10 Å². The Kier molecular flexibility index (Phi) is 6.90. The van der Waals surface area contributed by atoms with Crippen molar-refractivity contribution in [2.24, 2.45) is 0 Å². The molecule has 0 saturated carbocycles. The van der Waals surface area contributed by atoms with E-state index in [2.05, 4.69) is 12.2 Å². The third-order valence-electron chi connectivity index (χ3n) is 4.79. The van der Waals surface area contributed by atoms with Crippen LogP contribution in [-0.2, 0) is 11.4 Å². The zero-order valence-corrected chi connectivity index (χ0v) is 17.1. The summed E-state index contributed by atoms with van der Waals surface area (Å²) in [7, 11) is 0. The minimum atomic E-state index is -0.550. The number of carbonyl (C=O) groups is 1. The standard InChI is InChI=1S/C25H27NO3/c1-4-24(29-23-13-10-18(2)19(3)16-23)25(27)26-21-11-14-22(15-12-21)28-17-20-8-6-5-7-9-20/h5-16,24H,4,17H2,1-3H3,(H,26,27). The molecule has 1 unspecified atom stereocenters. The second-order valence-electron chi connectivity index (χ2n) is 7.05. The monoisotopic (exact) mass is 389 g/mol. The molecule has 3 aromatic rings. The highest BCUT2D eigenvalue weighted by Crippen LogP contribution is 2.20. The maximum Gasteiger partial charge on any atom is 0.265 e. The number of anilines is 1. The van der Waals surface area contributed by atoms with Crippen LogP contribution in [0.3, 0.4) is 0 Å². The lowest BCUT2D eigenvalue weighted by atomic mass is 10.1. The van der Waals surface area contributed by atoms with E-state index in [1.807, 2.05) is 86.6 Å². The number of ether oxygens (including phenoxy) is 2. The number of nitrogens with one attached hydrogen (secondary N) is 1. The second-order valence-corrected chi connectivity index (χ2v) is 7.05. The molecule has 4 heteroatoms. The van der Waals surface area contributed by atoms with Gasteiger partial charge in [-0.3, -0.25) is 4.79 Å². The summed E-state index contributed by atoms with van der Waals surface area (Å²) in [5.74, 6) is 1.30. The number of amides is 1. The molecule has 0 heterocycles. The Morgan fingerprint density at radius 2 is 1.59 bits per heavy atom. The van der Waals surface area contributed by atoms with E-state index in [-0.39, 0.29) is 5.91 Å². The van der Waals surface area contributed by atoms with Crippen molar-refractivity contribution >= 4 is 11.6 Å². The predicted molar refractivity (Wildman–Crippen MR) is 116 cm³/mol. The van der Waals surface area contributed by atoms with Gasteiger partial charge in [0.05, 0.1) is 0 Å². The van der Waals surface area contributed by atoms with Crippen molar-refractivity contribution in [1.29, 1.82) is 0 Å². The molecule has 4 nitrogen and oxygen atoms in total. The largest absolute Gasteiger partial charge is 0.489 e. The molecule has 1 atom stereocenters. The van der Waals surface area contributed by atoms with Gasteiger partial charge in [-0.05, 0) is 73.4 Å². The third kappa shape index (κ3) is 5.85. The van der Waals surface area contributed by atoms with Crippen LogP contribution in [0.15, 0.2) is 72.8 Å². The van der Waals surface area contributed by atoms with E-state index in [1.54, 1.807) is 0 Å². The molecule has 0 fully saturated rings. The molecule has 3 rings (SSSR count). The lowest BCUT2D eigenvalue weighted by Crippen LogP contribution is -2.32. The van der Waals surface area contributed by atoms with Gasteiger partial charge in [0, 0.05) is 5.69 Å². The zero-order valence-electron chi connectivity index (χ0n) is 17.1. The van der Waals surface area contributed by atoms with Crippen molar-refractivity contribution in [3.63, 3.8) is 0 Å². The summed E-state index contributed by atoms with van der Waals surface area (Å²) in [6.45, 7) is 6.53. The molecule has 0 aliphatic carbocycles. The first kappa shape index (κ1) is 20.5. The van der Waals surface area contributed by atoms with Crippen molar-refractivity contribution in [2.45, 2.75) is 39.9 Å². The van der Waals surface area contributed by atoms with E-state index >= 15 is 0 Å². The Labute approximate surface area is 172 Å². The van der Waals surface area contributed by atoms with Crippen molar-refractivity contribution < 1.29 is 14.3 Å². The van der Waals surface area contributed by atoms with Crippen LogP contribution < -0.4 is 14.8 Å². The lowest BCUT2D eigenvalue weighted by molar-refractivity contribution is -0.122. The van der Waals surface area contributed by atoms with Gasteiger partial charge in [-0.2, -0.15) is 0 Å². The Balaban J connectivity index is 1.56. The van der Waals surface area contributed by atoms with Crippen LogP contribution in [0.2, 0.25) is 0 Å². The fraction of sp³-hybridized carbons (Fsp3) is 0.240. The number of rotatable bonds is 8. The summed E-state index contributed by atoms with van der Waals surface area (Å²) in [5.41, 5.74) is 4.16. The first-order valence-electron chi connectivity index (χ1n) is 9.86. The van der Waals surface area contributed by atoms with Crippen LogP contribution in [-0.4, -0.2) is 12.0 Å². The van der Waals surface area contributed by atoms with Gasteiger partial charge >= 0.3 is 0 Å². The molecular weight excluding hydrogens is 362 g/mol. The molecule has 0 saturated heterocycles. The number of hydrogen-bond acceptors (Lipinski definition) is 3. The second kappa shape index (κ2) is 9.78. The van der Waals surface area contributed by atoms with E-state index in [4.69, 9.17) is 9.47 Å². The number of hydrogen-bond donors (Lipinski definition) is 1. The Morgan fingerprint density at radius 3 is 2.24 bits per heavy atom. The van der Waals surface area contributed by atoms with Gasteiger partial charge in [0.1, 0.15) is 18.1 Å². The van der Waals surface area contributed by atoms with E-state index in [0.717, 1.165) is 16.9 Å². The average molecular weight is 389 g/mol. The summed E-state index contributed by atoms with van der Waals surface area (Å²) >= 11 is 0. The van der Waals surface area contributed by atoms with Gasteiger partial charge in [-0.15, -0.1) is 0 Å². The van der Waals surface area contributed by atoms with E-state index < -0.39 is 6.10 Å². The fourth-order valence-corrected chi connectivity index (χ4v) is 2.87. The van der Waals surface area contributed by atoms with Crippen molar-refractivity contribution in [3.05, 3.63) is 89.5 Å². The molecule has 0 spiro atoms. The zero-order chi connectivity index (χ0) is 20.6. The van der Waals surface area contributed by atoms with E-state index in [9.17, 15) is 4.79 Å². The number of aryl methyl sites for hydroxylation is 2. The van der Waals surface area contributed by atoms with Crippen molar-refractivity contribution in [3.8, 4) is 11.5 Å². The summed E-state index contributed by atoms with van der Waals surface area (Å²) < 4.78 is 11.7. The first-order chi connectivity index (χ1) is 14.0. The van der Waals surface area contributed by atoms with Crippen LogP contribution in [0.5, 0.6) is 11.5 Å². The smallest absolute Gasteiger partial charge is 0.265 e. The highest BCUT2D eigenvalue weighted by Gasteiger charge is 2.18. The van der Waals surface area contributed by atoms with Gasteiger partial charge in [0.2, 0.25) is 0 Å². The molecule has 0 aliphatic heterocycles. The van der Waals surface area contributed by atoms with Gasteiger partial charge in [-0.25, -0.2) is 0 Å². The van der Waals surface area contributed by atoms with Crippen LogP contribution in [0.4, 0.5) is 5.69 Å². The van der Waals surface area contributed by atoms with Crippen molar-refractivity contribution in [2.75, 3.05) is 5.32 Å². The minimum absolute atomic E-state index is 0.163. The highest BCUT2D eigenvalue weighted by molar-refractivity contribution is 5.94. The first-order valence-corrected chi connectivity index (χ1v) is 9.86. The molecule has 0 aromatic heterocycles. The maximum atomic E-state index is 12.6. The Bertz CT molecular complexity index is 936. The van der Waals surface area contributed by atoms with Crippen LogP contribution in [0.1, 0.15) is 30.0 Å². The minimum Gasteiger partial charge on any atom is -0.489 e. The summed E-state index contributed by atoms with van der Waals surface area (Å²) in [6, 6.07) is 23.2. The molecule has 1 N–H and O–H groups in total. The molecule has 0 aliphatic rings. The third-order valence-corrected chi connectivity index (χ3v) is 4.79. The summed E-state index contributed by atoms with van der Waals surface area (Å²) in [4.78, 5) is 12.6. The van der Waals surface area contributed by atoms with Crippen LogP contribution >= 0.6 is 0 Å².